The topological polar surface area (TPSA) is 55.9 Å². The van der Waals surface area contributed by atoms with E-state index in [-0.39, 0.29) is 6.61 Å². The van der Waals surface area contributed by atoms with E-state index in [0.29, 0.717) is 5.88 Å². The molecule has 5 nitrogen and oxygen atoms in total. The average Bonchev–Trinajstić information content (AvgIpc) is 3.39. The van der Waals surface area contributed by atoms with Crippen molar-refractivity contribution in [3.8, 4) is 11.4 Å². The average molecular weight is 525 g/mol. The molecule has 4 rings (SSSR count). The fourth-order valence-electron chi connectivity index (χ4n) is 2.34. The summed E-state index contributed by atoms with van der Waals surface area (Å²) in [5.41, 5.74) is 3.85. The Labute approximate surface area is 184 Å². The molecule has 0 fully saturated rings. The Morgan fingerprint density at radius 2 is 1.18 bits per heavy atom. The molecule has 0 atom stereocenters. The van der Waals surface area contributed by atoms with Crippen LogP contribution in [-0.2, 0) is 12.5 Å². The van der Waals surface area contributed by atoms with E-state index in [1.807, 2.05) is 65.6 Å². The maximum Gasteiger partial charge on any atom is 0.0712 e. The second-order valence-corrected chi connectivity index (χ2v) is 7.93. The molecule has 0 bridgehead atoms. The number of hydrogen-bond acceptors (Lipinski definition) is 3. The molecule has 2 aromatic carbocycles. The number of aliphatic hydroxyl groups excluding tert-OH is 1. The lowest BCUT2D eigenvalue weighted by molar-refractivity contribution is 0.282. The van der Waals surface area contributed by atoms with Gasteiger partial charge in [-0.05, 0) is 48.5 Å². The molecule has 2 heterocycles. The van der Waals surface area contributed by atoms with Gasteiger partial charge in [0, 0.05) is 32.5 Å². The van der Waals surface area contributed by atoms with Gasteiger partial charge in [-0.2, -0.15) is 10.2 Å². The van der Waals surface area contributed by atoms with Gasteiger partial charge in [-0.3, -0.25) is 0 Å². The van der Waals surface area contributed by atoms with Gasteiger partial charge in [0.25, 0.3) is 0 Å². The Hall–Kier alpha value is -1.93. The molecule has 144 valence electrons. The third-order valence-corrected chi connectivity index (χ3v) is 5.16. The number of benzene rings is 2. The summed E-state index contributed by atoms with van der Waals surface area (Å²) in [4.78, 5) is 0. The number of halogens is 3. The van der Waals surface area contributed by atoms with E-state index in [1.54, 1.807) is 17.1 Å². The number of aliphatic hydroxyl groups is 1. The summed E-state index contributed by atoms with van der Waals surface area (Å²) < 4.78 is 5.64. The molecule has 0 unspecified atom stereocenters. The van der Waals surface area contributed by atoms with Crippen LogP contribution in [0.3, 0.4) is 0 Å². The summed E-state index contributed by atoms with van der Waals surface area (Å²) in [5, 5.41) is 17.2. The number of hydrogen-bond donors (Lipinski definition) is 1. The highest BCUT2D eigenvalue weighted by Gasteiger charge is 2.00. The van der Waals surface area contributed by atoms with Crippen molar-refractivity contribution in [2.75, 3.05) is 0 Å². The predicted molar refractivity (Wildman–Crippen MR) is 118 cm³/mol. The maximum absolute atomic E-state index is 8.88. The van der Waals surface area contributed by atoms with Gasteiger partial charge in [0.2, 0.25) is 0 Å². The van der Waals surface area contributed by atoms with E-state index in [1.165, 1.54) is 0 Å². The van der Waals surface area contributed by atoms with Crippen LogP contribution >= 0.6 is 43.5 Å². The molecule has 0 aliphatic rings. The quantitative estimate of drug-likeness (QED) is 0.359. The smallest absolute Gasteiger partial charge is 0.0712 e. The minimum Gasteiger partial charge on any atom is -0.392 e. The minimum atomic E-state index is 0.0243. The van der Waals surface area contributed by atoms with E-state index >= 15 is 0 Å². The molecule has 1 N–H and O–H groups in total. The van der Waals surface area contributed by atoms with Crippen LogP contribution in [0.4, 0.5) is 0 Å². The lowest BCUT2D eigenvalue weighted by Crippen LogP contribution is -1.93. The first kappa shape index (κ1) is 20.8. The number of nitrogens with zero attached hydrogens (tertiary/aromatic N) is 4. The van der Waals surface area contributed by atoms with Gasteiger partial charge in [0.05, 0.1) is 36.3 Å². The molecule has 0 amide bonds. The molecular formula is C20H17Br2ClN4O. The lowest BCUT2D eigenvalue weighted by atomic mass is 10.3. The summed E-state index contributed by atoms with van der Waals surface area (Å²) >= 11 is 12.4. The van der Waals surface area contributed by atoms with Gasteiger partial charge in [-0.15, -0.1) is 11.6 Å². The normalized spacial score (nSPS) is 10.4. The van der Waals surface area contributed by atoms with Crippen molar-refractivity contribution >= 4 is 43.5 Å². The Kier molecular flexibility index (Phi) is 7.44. The van der Waals surface area contributed by atoms with Crippen molar-refractivity contribution in [2.24, 2.45) is 0 Å². The van der Waals surface area contributed by atoms with E-state index in [0.717, 1.165) is 31.4 Å². The highest BCUT2D eigenvalue weighted by molar-refractivity contribution is 9.10. The molecule has 0 aliphatic heterocycles. The highest BCUT2D eigenvalue weighted by atomic mass is 79.9. The van der Waals surface area contributed by atoms with Crippen molar-refractivity contribution in [1.82, 2.24) is 19.6 Å². The molecule has 4 aromatic rings. The standard InChI is InChI=1S/C10H8BrClN2.C10H9BrN2O/c11-9-1-3-10(4-2-9)14-7-8(5-12)6-13-14;11-9-1-3-10(4-2-9)13-6-8(7-14)5-12-13/h1-4,6-7H,5H2;1-6,14H,7H2. The summed E-state index contributed by atoms with van der Waals surface area (Å²) in [7, 11) is 0. The van der Waals surface area contributed by atoms with Gasteiger partial charge < -0.3 is 5.11 Å². The summed E-state index contributed by atoms with van der Waals surface area (Å²) in [6.45, 7) is 0.0243. The third kappa shape index (κ3) is 5.54. The first-order valence-electron chi connectivity index (χ1n) is 8.35. The second kappa shape index (κ2) is 10.0. The van der Waals surface area contributed by atoms with Crippen LogP contribution in [0.15, 0.2) is 82.3 Å². The van der Waals surface area contributed by atoms with Gasteiger partial charge in [0.1, 0.15) is 0 Å². The molecular weight excluding hydrogens is 508 g/mol. The molecule has 0 saturated carbocycles. The van der Waals surface area contributed by atoms with Crippen LogP contribution < -0.4 is 0 Å². The maximum atomic E-state index is 8.88. The number of alkyl halides is 1. The van der Waals surface area contributed by atoms with Gasteiger partial charge in [-0.1, -0.05) is 31.9 Å². The van der Waals surface area contributed by atoms with Crippen molar-refractivity contribution < 1.29 is 5.11 Å². The molecule has 0 saturated heterocycles. The molecule has 0 spiro atoms. The Balaban J connectivity index is 0.000000161. The summed E-state index contributed by atoms with van der Waals surface area (Å²) in [6.07, 6.45) is 7.16. The molecule has 2 aromatic heterocycles. The van der Waals surface area contributed by atoms with E-state index < -0.39 is 0 Å². The predicted octanol–water partition coefficient (Wildman–Crippen LogP) is 5.50. The van der Waals surface area contributed by atoms with Gasteiger partial charge >= 0.3 is 0 Å². The van der Waals surface area contributed by atoms with E-state index in [9.17, 15) is 0 Å². The summed E-state index contributed by atoms with van der Waals surface area (Å²) in [5.74, 6) is 0.497. The number of aromatic nitrogens is 4. The van der Waals surface area contributed by atoms with Crippen LogP contribution in [0.5, 0.6) is 0 Å². The Bertz CT molecular complexity index is 930. The zero-order chi connectivity index (χ0) is 19.9. The van der Waals surface area contributed by atoms with Crippen molar-refractivity contribution in [2.45, 2.75) is 12.5 Å². The SMILES string of the molecule is ClCc1cnn(-c2ccc(Br)cc2)c1.OCc1cnn(-c2ccc(Br)cc2)c1. The Morgan fingerprint density at radius 3 is 1.54 bits per heavy atom. The van der Waals surface area contributed by atoms with E-state index in [2.05, 4.69) is 42.1 Å². The monoisotopic (exact) mass is 522 g/mol. The highest BCUT2D eigenvalue weighted by Crippen LogP contribution is 2.15. The summed E-state index contributed by atoms with van der Waals surface area (Å²) in [6, 6.07) is 15.8. The first-order valence-corrected chi connectivity index (χ1v) is 10.5. The van der Waals surface area contributed by atoms with Gasteiger partial charge in [-0.25, -0.2) is 9.36 Å². The van der Waals surface area contributed by atoms with Crippen LogP contribution in [0.25, 0.3) is 11.4 Å². The minimum absolute atomic E-state index is 0.0243. The zero-order valence-corrected chi connectivity index (χ0v) is 18.6. The van der Waals surface area contributed by atoms with Crippen molar-refractivity contribution in [3.63, 3.8) is 0 Å². The van der Waals surface area contributed by atoms with Crippen LogP contribution in [-0.4, -0.2) is 24.7 Å². The van der Waals surface area contributed by atoms with E-state index in [4.69, 9.17) is 16.7 Å². The molecule has 0 aliphatic carbocycles. The first-order chi connectivity index (χ1) is 13.6. The van der Waals surface area contributed by atoms with Crippen molar-refractivity contribution in [3.05, 3.63) is 93.4 Å². The molecule has 8 heteroatoms. The van der Waals surface area contributed by atoms with Gasteiger partial charge in [0.15, 0.2) is 0 Å². The lowest BCUT2D eigenvalue weighted by Gasteiger charge is -1.99. The fraction of sp³-hybridized carbons (Fsp3) is 0.100. The Morgan fingerprint density at radius 1 is 0.750 bits per heavy atom. The molecule has 28 heavy (non-hydrogen) atoms. The second-order valence-electron chi connectivity index (χ2n) is 5.83. The largest absolute Gasteiger partial charge is 0.392 e. The number of rotatable bonds is 4. The van der Waals surface area contributed by atoms with Crippen molar-refractivity contribution in [1.29, 1.82) is 0 Å². The fourth-order valence-corrected chi connectivity index (χ4v) is 3.01. The zero-order valence-electron chi connectivity index (χ0n) is 14.7. The third-order valence-electron chi connectivity index (χ3n) is 3.79. The van der Waals surface area contributed by atoms with Crippen LogP contribution in [0, 0.1) is 0 Å². The molecule has 0 radical (unpaired) electrons. The van der Waals surface area contributed by atoms with Crippen LogP contribution in [0.1, 0.15) is 11.1 Å². The van der Waals surface area contributed by atoms with Crippen LogP contribution in [0.2, 0.25) is 0 Å².